The Hall–Kier alpha value is -2.22. The van der Waals surface area contributed by atoms with E-state index in [4.69, 9.17) is 0 Å². The highest BCUT2D eigenvalue weighted by atomic mass is 16.6. The SMILES string of the molecule is O=C1C2=N[NH+](O)N(CCCN3CCC4(CCCC4)CC3)C2=C([O-])c2ccccc21. The monoisotopic (exact) mass is 396 g/mol. The summed E-state index contributed by atoms with van der Waals surface area (Å²) in [6.45, 7) is 3.69. The summed E-state index contributed by atoms with van der Waals surface area (Å²) in [7, 11) is 0. The molecule has 1 atom stereocenters. The minimum atomic E-state index is -0.290. The van der Waals surface area contributed by atoms with Gasteiger partial charge in [0.05, 0.1) is 6.54 Å². The van der Waals surface area contributed by atoms with Crippen LogP contribution >= 0.6 is 0 Å². The van der Waals surface area contributed by atoms with E-state index in [0.717, 1.165) is 26.1 Å². The summed E-state index contributed by atoms with van der Waals surface area (Å²) in [6.07, 6.45) is 8.97. The zero-order valence-electron chi connectivity index (χ0n) is 16.7. The Morgan fingerprint density at radius 2 is 1.76 bits per heavy atom. The van der Waals surface area contributed by atoms with Gasteiger partial charge in [-0.1, -0.05) is 42.9 Å². The number of allylic oxidation sites excluding steroid dienone is 1. The number of hydrogen-bond donors (Lipinski definition) is 2. The molecule has 1 saturated heterocycles. The number of nitrogens with one attached hydrogen (secondary N) is 1. The van der Waals surface area contributed by atoms with E-state index in [2.05, 4.69) is 10.0 Å². The normalized spacial score (nSPS) is 26.1. The van der Waals surface area contributed by atoms with Gasteiger partial charge in [0.1, 0.15) is 5.70 Å². The molecular weight excluding hydrogens is 368 g/mol. The first kappa shape index (κ1) is 18.8. The third-order valence-corrected chi connectivity index (χ3v) is 7.23. The fourth-order valence-corrected chi connectivity index (χ4v) is 5.50. The molecule has 154 valence electrons. The highest BCUT2D eigenvalue weighted by Crippen LogP contribution is 2.46. The quantitative estimate of drug-likeness (QED) is 0.787. The summed E-state index contributed by atoms with van der Waals surface area (Å²) in [5, 5.41) is 28.6. The fraction of sp³-hybridized carbons (Fsp3) is 0.545. The van der Waals surface area contributed by atoms with Crippen LogP contribution in [0, 0.1) is 5.41 Å². The summed E-state index contributed by atoms with van der Waals surface area (Å²) >= 11 is 0. The van der Waals surface area contributed by atoms with Gasteiger partial charge >= 0.3 is 0 Å². The Balaban J connectivity index is 1.24. The van der Waals surface area contributed by atoms with Gasteiger partial charge in [0, 0.05) is 17.4 Å². The van der Waals surface area contributed by atoms with Crippen molar-refractivity contribution in [3.05, 3.63) is 41.1 Å². The summed E-state index contributed by atoms with van der Waals surface area (Å²) in [4.78, 5) is 15.2. The van der Waals surface area contributed by atoms with Crippen LogP contribution in [0.15, 0.2) is 35.1 Å². The van der Waals surface area contributed by atoms with E-state index in [1.807, 2.05) is 0 Å². The minimum absolute atomic E-state index is 0.0762. The number of fused-ring (bicyclic) bond motifs is 2. The van der Waals surface area contributed by atoms with Gasteiger partial charge in [-0.05, 0) is 61.3 Å². The first-order chi connectivity index (χ1) is 14.1. The number of Topliss-reactive ketones (excluding diaryl/α,β-unsaturated/α-hetero) is 1. The van der Waals surface area contributed by atoms with Gasteiger partial charge in [-0.2, -0.15) is 10.2 Å². The molecule has 29 heavy (non-hydrogen) atoms. The van der Waals surface area contributed by atoms with Crippen molar-refractivity contribution in [3.63, 3.8) is 0 Å². The summed E-state index contributed by atoms with van der Waals surface area (Å²) < 4.78 is 0. The Labute approximate surface area is 170 Å². The van der Waals surface area contributed by atoms with Crippen molar-refractivity contribution >= 4 is 17.3 Å². The molecule has 1 aromatic rings. The average Bonchev–Trinajstić information content (AvgIpc) is 3.33. The van der Waals surface area contributed by atoms with Crippen molar-refractivity contribution in [2.75, 3.05) is 26.2 Å². The standard InChI is InChI=1S/C22H28N4O3/c27-20-16-6-1-2-7-17(16)21(28)19-18(20)23-26(29)25(19)13-5-12-24-14-10-22(11-15-24)8-3-4-9-22/h1-2,6-7,28-29H,3-5,8-15H2. The lowest BCUT2D eigenvalue weighted by molar-refractivity contribution is -1.18. The molecule has 2 aliphatic carbocycles. The molecule has 5 rings (SSSR count). The highest BCUT2D eigenvalue weighted by Gasteiger charge is 2.42. The van der Waals surface area contributed by atoms with Gasteiger partial charge in [-0.25, -0.2) is 0 Å². The number of nitrogens with zero attached hydrogens (tertiary/aromatic N) is 3. The van der Waals surface area contributed by atoms with Gasteiger partial charge in [-0.3, -0.25) is 4.79 Å². The third kappa shape index (κ3) is 3.17. The van der Waals surface area contributed by atoms with Crippen LogP contribution < -0.4 is 10.4 Å². The van der Waals surface area contributed by atoms with Crippen LogP contribution in [0.1, 0.15) is 60.9 Å². The van der Waals surface area contributed by atoms with E-state index in [1.165, 1.54) is 43.5 Å². The molecule has 1 spiro atoms. The molecule has 7 nitrogen and oxygen atoms in total. The molecule has 1 saturated carbocycles. The largest absolute Gasteiger partial charge is 0.870 e. The molecule has 2 fully saturated rings. The second kappa shape index (κ2) is 7.23. The van der Waals surface area contributed by atoms with Crippen LogP contribution in [0.25, 0.3) is 5.76 Å². The Kier molecular flexibility index (Phi) is 4.69. The molecule has 1 unspecified atom stereocenters. The maximum absolute atomic E-state index is 13.0. The molecule has 0 aromatic heterocycles. The second-order valence-electron chi connectivity index (χ2n) is 8.87. The lowest BCUT2D eigenvalue weighted by Crippen LogP contribution is -3.10. The van der Waals surface area contributed by atoms with Crippen LogP contribution in [0.4, 0.5) is 0 Å². The highest BCUT2D eigenvalue weighted by molar-refractivity contribution is 6.54. The molecule has 0 amide bonds. The zero-order chi connectivity index (χ0) is 20.0. The van der Waals surface area contributed by atoms with E-state index < -0.39 is 0 Å². The molecule has 1 aromatic carbocycles. The van der Waals surface area contributed by atoms with E-state index in [0.29, 0.717) is 23.1 Å². The first-order valence-electron chi connectivity index (χ1n) is 10.8. The predicted octanol–water partition coefficient (Wildman–Crippen LogP) is 0.819. The summed E-state index contributed by atoms with van der Waals surface area (Å²) in [5.41, 5.74) is 1.67. The van der Waals surface area contributed by atoms with Crippen molar-refractivity contribution in [2.24, 2.45) is 10.5 Å². The van der Waals surface area contributed by atoms with E-state index in [-0.39, 0.29) is 28.2 Å². The molecular formula is C22H28N4O3. The molecule has 0 radical (unpaired) electrons. The predicted molar refractivity (Wildman–Crippen MR) is 106 cm³/mol. The number of rotatable bonds is 4. The van der Waals surface area contributed by atoms with E-state index in [9.17, 15) is 15.1 Å². The van der Waals surface area contributed by atoms with Gasteiger partial charge < -0.3 is 10.0 Å². The van der Waals surface area contributed by atoms with Crippen LogP contribution in [-0.4, -0.2) is 52.8 Å². The molecule has 2 N–H and O–H groups in total. The third-order valence-electron chi connectivity index (χ3n) is 7.23. The van der Waals surface area contributed by atoms with Crippen molar-refractivity contribution in [1.82, 2.24) is 9.91 Å². The fourth-order valence-electron chi connectivity index (χ4n) is 5.50. The zero-order valence-corrected chi connectivity index (χ0v) is 16.7. The molecule has 2 aliphatic heterocycles. The van der Waals surface area contributed by atoms with Crippen LogP contribution in [-0.2, 0) is 0 Å². The van der Waals surface area contributed by atoms with Crippen molar-refractivity contribution in [2.45, 2.75) is 44.9 Å². The van der Waals surface area contributed by atoms with E-state index >= 15 is 0 Å². The number of benzene rings is 1. The van der Waals surface area contributed by atoms with Crippen LogP contribution in [0.3, 0.4) is 0 Å². The maximum Gasteiger partial charge on any atom is 0.219 e. The van der Waals surface area contributed by atoms with Gasteiger partial charge in [-0.15, -0.1) is 0 Å². The molecule has 4 aliphatic rings. The minimum Gasteiger partial charge on any atom is -0.870 e. The molecule has 2 heterocycles. The van der Waals surface area contributed by atoms with E-state index in [1.54, 1.807) is 24.3 Å². The lowest BCUT2D eigenvalue weighted by atomic mass is 9.77. The molecule has 0 bridgehead atoms. The van der Waals surface area contributed by atoms with Crippen LogP contribution in [0.5, 0.6) is 0 Å². The number of carbonyl (C=O) groups is 1. The number of carbonyl (C=O) groups excluding carboxylic acids is 1. The van der Waals surface area contributed by atoms with Crippen LogP contribution in [0.2, 0.25) is 0 Å². The Morgan fingerprint density at radius 1 is 1.07 bits per heavy atom. The van der Waals surface area contributed by atoms with Crippen molar-refractivity contribution in [1.29, 1.82) is 0 Å². The Morgan fingerprint density at radius 3 is 2.48 bits per heavy atom. The number of hydrogen-bond acceptors (Lipinski definition) is 6. The van der Waals surface area contributed by atoms with Crippen molar-refractivity contribution in [3.8, 4) is 0 Å². The summed E-state index contributed by atoms with van der Waals surface area (Å²) in [5.74, 6) is -0.522. The number of piperidine rings is 1. The van der Waals surface area contributed by atoms with Gasteiger partial charge in [0.15, 0.2) is 0 Å². The van der Waals surface area contributed by atoms with Crippen molar-refractivity contribution < 1.29 is 20.4 Å². The van der Waals surface area contributed by atoms with Gasteiger partial charge in [0.2, 0.25) is 11.5 Å². The lowest BCUT2D eigenvalue weighted by Gasteiger charge is -2.39. The molecule has 7 heteroatoms. The average molecular weight is 396 g/mol. The smallest absolute Gasteiger partial charge is 0.219 e. The number of likely N-dealkylation sites (tertiary alicyclic amines) is 1. The topological polar surface area (TPSA) is 83.6 Å². The number of quaternary nitrogens is 1. The first-order valence-corrected chi connectivity index (χ1v) is 10.8. The second-order valence-corrected chi connectivity index (χ2v) is 8.87. The summed E-state index contributed by atoms with van der Waals surface area (Å²) in [6, 6.07) is 6.80. The maximum atomic E-state index is 13.0. The number of ketones is 1. The Bertz CT molecular complexity index is 878. The van der Waals surface area contributed by atoms with Gasteiger partial charge in [0.25, 0.3) is 0 Å².